The van der Waals surface area contributed by atoms with Gasteiger partial charge in [0.25, 0.3) is 0 Å². The normalized spacial score (nSPS) is 11.0. The molecule has 0 fully saturated rings. The number of hydrogen-bond acceptors (Lipinski definition) is 1. The SMILES string of the molecule is CN(C)c1c(-c2ccccc2)c1=[N+](C)C.F[B-](F)(F)F. The van der Waals surface area contributed by atoms with E-state index in [0.29, 0.717) is 0 Å². The van der Waals surface area contributed by atoms with Gasteiger partial charge < -0.3 is 22.2 Å². The third-order valence-corrected chi connectivity index (χ3v) is 2.59. The fourth-order valence-electron chi connectivity index (χ4n) is 1.92. The molecule has 2 aromatic carbocycles. The van der Waals surface area contributed by atoms with E-state index in [1.54, 1.807) is 0 Å². The summed E-state index contributed by atoms with van der Waals surface area (Å²) in [5.41, 5.74) is 4.04. The molecule has 2 rings (SSSR count). The van der Waals surface area contributed by atoms with Gasteiger partial charge in [0.1, 0.15) is 19.8 Å². The van der Waals surface area contributed by atoms with Gasteiger partial charge in [-0.05, 0) is 5.56 Å². The van der Waals surface area contributed by atoms with Crippen molar-refractivity contribution in [3.63, 3.8) is 0 Å². The van der Waals surface area contributed by atoms with Crippen molar-refractivity contribution in [2.24, 2.45) is 0 Å². The van der Waals surface area contributed by atoms with Crippen LogP contribution in [0.25, 0.3) is 11.1 Å². The maximum absolute atomic E-state index is 9.75. The van der Waals surface area contributed by atoms with E-state index in [1.807, 2.05) is 0 Å². The van der Waals surface area contributed by atoms with Crippen LogP contribution >= 0.6 is 0 Å². The molecule has 0 bridgehead atoms. The highest BCUT2D eigenvalue weighted by molar-refractivity contribution is 6.50. The Kier molecular flexibility index (Phi) is 4.97. The minimum Gasteiger partial charge on any atom is -0.418 e. The molecule has 0 heterocycles. The van der Waals surface area contributed by atoms with Crippen molar-refractivity contribution in [1.82, 2.24) is 4.58 Å². The van der Waals surface area contributed by atoms with E-state index in [1.165, 1.54) is 22.2 Å². The molecule has 0 N–H and O–H groups in total. The molecule has 0 amide bonds. The topological polar surface area (TPSA) is 6.25 Å². The molecule has 0 saturated carbocycles. The molecule has 0 aliphatic heterocycles. The first-order valence-electron chi connectivity index (χ1n) is 6.02. The van der Waals surface area contributed by atoms with Crippen LogP contribution in [-0.2, 0) is 0 Å². The zero-order valence-electron chi connectivity index (χ0n) is 11.9. The van der Waals surface area contributed by atoms with Crippen LogP contribution in [0.4, 0.5) is 23.0 Å². The van der Waals surface area contributed by atoms with E-state index in [9.17, 15) is 17.3 Å². The largest absolute Gasteiger partial charge is 0.673 e. The second-order valence-corrected chi connectivity index (χ2v) is 4.72. The molecule has 0 atom stereocenters. The van der Waals surface area contributed by atoms with E-state index >= 15 is 0 Å². The van der Waals surface area contributed by atoms with Crippen molar-refractivity contribution in [2.45, 2.75) is 0 Å². The number of rotatable bonds is 2. The maximum Gasteiger partial charge on any atom is 0.673 e. The summed E-state index contributed by atoms with van der Waals surface area (Å²) >= 11 is 0. The summed E-state index contributed by atoms with van der Waals surface area (Å²) in [6, 6.07) is 10.5. The fourth-order valence-corrected chi connectivity index (χ4v) is 1.92. The van der Waals surface area contributed by atoms with Gasteiger partial charge in [-0.15, -0.1) is 0 Å². The van der Waals surface area contributed by atoms with Gasteiger partial charge in [-0.2, -0.15) is 0 Å². The van der Waals surface area contributed by atoms with Gasteiger partial charge in [0, 0.05) is 14.1 Å². The van der Waals surface area contributed by atoms with Gasteiger partial charge in [-0.1, -0.05) is 30.3 Å². The third kappa shape index (κ3) is 4.72. The molecule has 20 heavy (non-hydrogen) atoms. The Labute approximate surface area is 115 Å². The van der Waals surface area contributed by atoms with Crippen molar-refractivity contribution < 1.29 is 17.3 Å². The minimum absolute atomic E-state index is 1.31. The van der Waals surface area contributed by atoms with Gasteiger partial charge in [-0.3, -0.25) is 0 Å². The van der Waals surface area contributed by atoms with Crippen LogP contribution in [0.15, 0.2) is 30.3 Å². The van der Waals surface area contributed by atoms with Crippen LogP contribution in [-0.4, -0.2) is 35.4 Å². The van der Waals surface area contributed by atoms with E-state index in [0.717, 1.165) is 0 Å². The van der Waals surface area contributed by atoms with Crippen LogP contribution < -0.4 is 14.8 Å². The molecule has 0 aromatic heterocycles. The molecule has 0 spiro atoms. The Bertz CT molecular complexity index is 571. The van der Waals surface area contributed by atoms with Crippen molar-refractivity contribution in [3.05, 3.63) is 35.7 Å². The number of halogens is 4. The van der Waals surface area contributed by atoms with Gasteiger partial charge in [0.2, 0.25) is 5.36 Å². The van der Waals surface area contributed by atoms with Crippen LogP contribution in [0.3, 0.4) is 0 Å². The zero-order chi connectivity index (χ0) is 15.5. The van der Waals surface area contributed by atoms with E-state index in [-0.39, 0.29) is 0 Å². The summed E-state index contributed by atoms with van der Waals surface area (Å²) in [5.74, 6) is 0. The van der Waals surface area contributed by atoms with E-state index in [4.69, 9.17) is 0 Å². The lowest BCUT2D eigenvalue weighted by Gasteiger charge is -2.02. The lowest BCUT2D eigenvalue weighted by atomic mass is 10.2. The Balaban J connectivity index is 0.000000347. The molecule has 2 nitrogen and oxygen atoms in total. The van der Waals surface area contributed by atoms with Crippen molar-refractivity contribution in [3.8, 4) is 11.1 Å². The third-order valence-electron chi connectivity index (χ3n) is 2.59. The Morgan fingerprint density at radius 2 is 1.40 bits per heavy atom. The Morgan fingerprint density at radius 1 is 0.950 bits per heavy atom. The minimum atomic E-state index is -6.00. The summed E-state index contributed by atoms with van der Waals surface area (Å²) in [6.45, 7) is 0. The monoisotopic (exact) mass is 288 g/mol. The summed E-state index contributed by atoms with van der Waals surface area (Å²) in [7, 11) is 2.37. The number of benzene rings is 1. The number of nitrogens with zero attached hydrogens (tertiary/aromatic N) is 2. The van der Waals surface area contributed by atoms with Crippen LogP contribution in [0.5, 0.6) is 0 Å². The average Bonchev–Trinajstić information content (AvgIpc) is 3.03. The molecule has 0 aliphatic carbocycles. The Hall–Kier alpha value is -1.79. The first-order valence-corrected chi connectivity index (χ1v) is 6.02. The molecular formula is C13H17BF4N2. The lowest BCUT2D eigenvalue weighted by molar-refractivity contribution is 0.368. The second kappa shape index (κ2) is 6.11. The molecule has 0 radical (unpaired) electrons. The highest BCUT2D eigenvalue weighted by Gasteiger charge is 2.29. The molecule has 0 unspecified atom stereocenters. The molecule has 0 aliphatic rings. The van der Waals surface area contributed by atoms with Gasteiger partial charge in [0.05, 0.1) is 5.56 Å². The van der Waals surface area contributed by atoms with Gasteiger partial charge in [-0.25, -0.2) is 4.58 Å². The smallest absolute Gasteiger partial charge is 0.418 e. The fraction of sp³-hybridized carbons (Fsp3) is 0.308. The van der Waals surface area contributed by atoms with Crippen molar-refractivity contribution in [2.75, 3.05) is 33.1 Å². The van der Waals surface area contributed by atoms with Gasteiger partial charge >= 0.3 is 7.25 Å². The highest BCUT2D eigenvalue weighted by atomic mass is 19.5. The van der Waals surface area contributed by atoms with Crippen LogP contribution in [0, 0.1) is 0 Å². The average molecular weight is 288 g/mol. The first kappa shape index (κ1) is 16.3. The summed E-state index contributed by atoms with van der Waals surface area (Å²) in [6.07, 6.45) is 0. The molecule has 7 heteroatoms. The number of anilines is 1. The standard InChI is InChI=1S/C13H17N2.BF4/c1-14(2)12-11(13(12)15(3)4)10-8-6-5-7-9-10;2-1(3,4)5/h5-9H,1-4H3;/q+1;-1. The molecule has 110 valence electrons. The van der Waals surface area contributed by atoms with Crippen molar-refractivity contribution in [1.29, 1.82) is 0 Å². The van der Waals surface area contributed by atoms with E-state index < -0.39 is 7.25 Å². The molecule has 0 saturated heterocycles. The summed E-state index contributed by atoms with van der Waals surface area (Å²) in [4.78, 5) is 2.18. The first-order chi connectivity index (χ1) is 9.13. The maximum atomic E-state index is 9.75. The van der Waals surface area contributed by atoms with E-state index in [2.05, 4.69) is 68.0 Å². The molecule has 2 aromatic rings. The predicted molar refractivity (Wildman–Crippen MR) is 75.9 cm³/mol. The van der Waals surface area contributed by atoms with Crippen molar-refractivity contribution >= 4 is 12.9 Å². The zero-order valence-corrected chi connectivity index (χ0v) is 11.9. The molecular weight excluding hydrogens is 271 g/mol. The quantitative estimate of drug-likeness (QED) is 0.468. The van der Waals surface area contributed by atoms with Gasteiger partial charge in [0.15, 0.2) is 0 Å². The predicted octanol–water partition coefficient (Wildman–Crippen LogP) is 2.63. The summed E-state index contributed by atoms with van der Waals surface area (Å²) in [5, 5.41) is 1.35. The number of hydrogen-bond donors (Lipinski definition) is 0. The second-order valence-electron chi connectivity index (χ2n) is 4.72. The lowest BCUT2D eigenvalue weighted by Crippen LogP contribution is -2.17. The Morgan fingerprint density at radius 3 is 1.70 bits per heavy atom. The van der Waals surface area contributed by atoms with Crippen LogP contribution in [0.2, 0.25) is 0 Å². The van der Waals surface area contributed by atoms with Crippen LogP contribution in [0.1, 0.15) is 0 Å². The highest BCUT2D eigenvalue weighted by Crippen LogP contribution is 2.31. The summed E-state index contributed by atoms with van der Waals surface area (Å²) < 4.78 is 41.2.